The van der Waals surface area contributed by atoms with Crippen LogP contribution in [-0.2, 0) is 0 Å². The molecule has 0 bridgehead atoms. The monoisotopic (exact) mass is 146 g/mol. The van der Waals surface area contributed by atoms with Gasteiger partial charge < -0.3 is 0 Å². The van der Waals surface area contributed by atoms with Gasteiger partial charge in [-0.05, 0) is 18.6 Å². The molecule has 1 aromatic rings. The Morgan fingerprint density at radius 1 is 1.45 bits per heavy atom. The zero-order chi connectivity index (χ0) is 8.10. The summed E-state index contributed by atoms with van der Waals surface area (Å²) in [7, 11) is 2.17. The van der Waals surface area contributed by atoms with Crippen LogP contribution in [0.25, 0.3) is 0 Å². The molecule has 0 unspecified atom stereocenters. The van der Waals surface area contributed by atoms with Crippen molar-refractivity contribution in [2.45, 2.75) is 26.6 Å². The highest BCUT2D eigenvalue weighted by molar-refractivity contribution is 6.52. The van der Waals surface area contributed by atoms with E-state index >= 15 is 0 Å². The molecule has 1 radical (unpaired) electrons. The normalized spacial score (nSPS) is 9.64. The van der Waals surface area contributed by atoms with E-state index in [-0.39, 0.29) is 0 Å². The van der Waals surface area contributed by atoms with Crippen LogP contribution in [0.15, 0.2) is 18.2 Å². The lowest BCUT2D eigenvalue weighted by molar-refractivity contribution is 1.07. The van der Waals surface area contributed by atoms with Gasteiger partial charge in [0.05, 0.1) is 0 Å². The number of hydrogen-bond acceptors (Lipinski definition) is 1. The molecule has 0 atom stereocenters. The van der Waals surface area contributed by atoms with Crippen LogP contribution in [0.5, 0.6) is 0 Å². The molecular formula is C9H13BN. The van der Waals surface area contributed by atoms with E-state index in [1.807, 2.05) is 25.1 Å². The van der Waals surface area contributed by atoms with Crippen LogP contribution in [-0.4, -0.2) is 12.3 Å². The molecule has 0 spiro atoms. The Bertz CT molecular complexity index is 223. The maximum absolute atomic E-state index is 4.36. The highest BCUT2D eigenvalue weighted by Gasteiger charge is 1.94. The molecule has 0 N–H and O–H groups in total. The molecule has 0 aromatic carbocycles. The fourth-order valence-corrected chi connectivity index (χ4v) is 0.970. The van der Waals surface area contributed by atoms with E-state index in [2.05, 4.69) is 19.2 Å². The number of nitrogens with zero attached hydrogens (tertiary/aromatic N) is 1. The van der Waals surface area contributed by atoms with Crippen LogP contribution in [0.4, 0.5) is 0 Å². The van der Waals surface area contributed by atoms with Crippen molar-refractivity contribution in [1.29, 1.82) is 0 Å². The van der Waals surface area contributed by atoms with E-state index in [9.17, 15) is 0 Å². The van der Waals surface area contributed by atoms with E-state index in [4.69, 9.17) is 0 Å². The van der Waals surface area contributed by atoms with Crippen molar-refractivity contribution in [3.63, 3.8) is 0 Å². The van der Waals surface area contributed by atoms with Gasteiger partial charge in [-0.3, -0.25) is 4.98 Å². The molecular weight excluding hydrogens is 133 g/mol. The first-order chi connectivity index (χ1) is 5.33. The van der Waals surface area contributed by atoms with Crippen molar-refractivity contribution < 1.29 is 0 Å². The molecule has 57 valence electrons. The first-order valence-corrected chi connectivity index (χ1v) is 4.10. The lowest BCUT2D eigenvalue weighted by atomic mass is 9.70. The Morgan fingerprint density at radius 3 is 2.91 bits per heavy atom. The van der Waals surface area contributed by atoms with Gasteiger partial charge in [-0.2, -0.15) is 0 Å². The van der Waals surface area contributed by atoms with Crippen molar-refractivity contribution in [1.82, 2.24) is 4.98 Å². The number of aryl methyl sites for hydroxylation is 1. The third-order valence-electron chi connectivity index (χ3n) is 1.55. The van der Waals surface area contributed by atoms with Crippen molar-refractivity contribution in [3.05, 3.63) is 23.9 Å². The summed E-state index contributed by atoms with van der Waals surface area (Å²) in [4.78, 5) is 4.36. The molecule has 2 heteroatoms. The van der Waals surface area contributed by atoms with Crippen molar-refractivity contribution in [2.75, 3.05) is 0 Å². The minimum absolute atomic E-state index is 1.09. The number of pyridine rings is 1. The Kier molecular flexibility index (Phi) is 3.15. The Labute approximate surface area is 69.1 Å². The third kappa shape index (κ3) is 2.75. The van der Waals surface area contributed by atoms with E-state index in [1.54, 1.807) is 0 Å². The molecule has 0 fully saturated rings. The molecule has 0 saturated heterocycles. The predicted molar refractivity (Wildman–Crippen MR) is 49.5 cm³/mol. The summed E-state index contributed by atoms with van der Waals surface area (Å²) in [5.41, 5.74) is 2.20. The van der Waals surface area contributed by atoms with E-state index in [0.29, 0.717) is 0 Å². The minimum Gasteiger partial charge on any atom is -0.269 e. The molecule has 1 heterocycles. The van der Waals surface area contributed by atoms with Gasteiger partial charge in [0.2, 0.25) is 0 Å². The van der Waals surface area contributed by atoms with Gasteiger partial charge in [-0.15, -0.1) is 0 Å². The van der Waals surface area contributed by atoms with E-state index in [1.165, 1.54) is 6.42 Å². The van der Waals surface area contributed by atoms with Gasteiger partial charge in [0.1, 0.15) is 0 Å². The maximum Gasteiger partial charge on any atom is 0.177 e. The Hall–Kier alpha value is -0.785. The molecule has 0 amide bonds. The zero-order valence-corrected chi connectivity index (χ0v) is 7.17. The van der Waals surface area contributed by atoms with Crippen LogP contribution < -0.4 is 5.59 Å². The number of rotatable bonds is 3. The largest absolute Gasteiger partial charge is 0.269 e. The van der Waals surface area contributed by atoms with Gasteiger partial charge >= 0.3 is 0 Å². The lowest BCUT2D eigenvalue weighted by Crippen LogP contribution is -2.17. The summed E-state index contributed by atoms with van der Waals surface area (Å²) >= 11 is 0. The Balaban J connectivity index is 2.56. The summed E-state index contributed by atoms with van der Waals surface area (Å²) < 4.78 is 0. The topological polar surface area (TPSA) is 12.9 Å². The minimum atomic E-state index is 1.09. The standard InChI is InChI=1S/C9H13BN/c1-3-7-10-9-6-4-5-8(2)11-9/h4-6H,3,7H2,1-2H3. The van der Waals surface area contributed by atoms with Crippen LogP contribution in [0.3, 0.4) is 0 Å². The number of hydrogen-bond donors (Lipinski definition) is 0. The van der Waals surface area contributed by atoms with Crippen LogP contribution in [0.2, 0.25) is 6.32 Å². The van der Waals surface area contributed by atoms with E-state index < -0.39 is 0 Å². The highest BCUT2D eigenvalue weighted by atomic mass is 14.7. The average Bonchev–Trinajstić information content (AvgIpc) is 2.01. The summed E-state index contributed by atoms with van der Waals surface area (Å²) in [6, 6.07) is 6.11. The van der Waals surface area contributed by atoms with Crippen LogP contribution in [0.1, 0.15) is 19.0 Å². The van der Waals surface area contributed by atoms with Crippen LogP contribution >= 0.6 is 0 Å². The molecule has 0 aliphatic rings. The number of aromatic nitrogens is 1. The predicted octanol–water partition coefficient (Wildman–Crippen LogP) is 1.55. The quantitative estimate of drug-likeness (QED) is 0.589. The first kappa shape index (κ1) is 8.31. The Morgan fingerprint density at radius 2 is 2.27 bits per heavy atom. The lowest BCUT2D eigenvalue weighted by Gasteiger charge is -1.97. The molecule has 1 nitrogen and oxygen atoms in total. The van der Waals surface area contributed by atoms with Gasteiger partial charge in [0, 0.05) is 5.69 Å². The second-order valence-corrected chi connectivity index (χ2v) is 2.70. The van der Waals surface area contributed by atoms with Crippen molar-refractivity contribution in [3.8, 4) is 0 Å². The second kappa shape index (κ2) is 4.17. The SMILES string of the molecule is CCC[B]c1cccc(C)n1. The molecule has 0 aliphatic carbocycles. The second-order valence-electron chi connectivity index (χ2n) is 2.70. The fourth-order valence-electron chi connectivity index (χ4n) is 0.970. The zero-order valence-electron chi connectivity index (χ0n) is 7.17. The molecule has 11 heavy (non-hydrogen) atoms. The molecule has 1 rings (SSSR count). The average molecular weight is 146 g/mol. The van der Waals surface area contributed by atoms with Gasteiger partial charge in [-0.1, -0.05) is 31.8 Å². The van der Waals surface area contributed by atoms with Gasteiger partial charge in [0.15, 0.2) is 7.28 Å². The van der Waals surface area contributed by atoms with Crippen LogP contribution in [0, 0.1) is 6.92 Å². The summed E-state index contributed by atoms with van der Waals surface area (Å²) in [6.45, 7) is 4.19. The summed E-state index contributed by atoms with van der Waals surface area (Å²) in [6.07, 6.45) is 2.31. The smallest absolute Gasteiger partial charge is 0.177 e. The molecule has 1 aromatic heterocycles. The molecule has 0 saturated carbocycles. The van der Waals surface area contributed by atoms with Crippen molar-refractivity contribution in [2.24, 2.45) is 0 Å². The highest BCUT2D eigenvalue weighted by Crippen LogP contribution is 1.89. The van der Waals surface area contributed by atoms with Gasteiger partial charge in [0.25, 0.3) is 0 Å². The van der Waals surface area contributed by atoms with E-state index in [0.717, 1.165) is 17.6 Å². The third-order valence-corrected chi connectivity index (χ3v) is 1.55. The first-order valence-electron chi connectivity index (χ1n) is 4.10. The maximum atomic E-state index is 4.36. The summed E-state index contributed by atoms with van der Waals surface area (Å²) in [5, 5.41) is 0. The molecule has 0 aliphatic heterocycles. The van der Waals surface area contributed by atoms with Crippen molar-refractivity contribution >= 4 is 12.9 Å². The van der Waals surface area contributed by atoms with Gasteiger partial charge in [-0.25, -0.2) is 0 Å². The fraction of sp³-hybridized carbons (Fsp3) is 0.444. The summed E-state index contributed by atoms with van der Waals surface area (Å²) in [5.74, 6) is 0.